The van der Waals surface area contributed by atoms with E-state index in [1.807, 2.05) is 0 Å². The van der Waals surface area contributed by atoms with Crippen LogP contribution in [0.25, 0.3) is 0 Å². The standard InChI is InChI=1S/C11H14O2/c1-8-2-4-9(5-3-8)10-6-11(12)13-7-10/h2-5,10-12H,6-7H2,1H3. The highest BCUT2D eigenvalue weighted by Crippen LogP contribution is 2.28. The van der Waals surface area contributed by atoms with Crippen molar-refractivity contribution in [2.45, 2.75) is 25.6 Å². The molecule has 1 N–H and O–H groups in total. The van der Waals surface area contributed by atoms with Gasteiger partial charge in [0, 0.05) is 12.3 Å². The van der Waals surface area contributed by atoms with Crippen LogP contribution in [-0.2, 0) is 4.74 Å². The molecule has 13 heavy (non-hydrogen) atoms. The zero-order valence-corrected chi connectivity index (χ0v) is 7.73. The Balaban J connectivity index is 2.13. The quantitative estimate of drug-likeness (QED) is 0.710. The SMILES string of the molecule is Cc1ccc(C2COC(O)C2)cc1. The van der Waals surface area contributed by atoms with Crippen LogP contribution in [0.3, 0.4) is 0 Å². The molecule has 1 aliphatic rings. The molecule has 0 aromatic heterocycles. The zero-order valence-electron chi connectivity index (χ0n) is 7.73. The predicted octanol–water partition coefficient (Wildman–Crippen LogP) is 1.82. The second kappa shape index (κ2) is 3.48. The van der Waals surface area contributed by atoms with E-state index in [1.54, 1.807) is 0 Å². The summed E-state index contributed by atoms with van der Waals surface area (Å²) in [6, 6.07) is 8.42. The lowest BCUT2D eigenvalue weighted by atomic mass is 9.97. The van der Waals surface area contributed by atoms with Gasteiger partial charge in [0.25, 0.3) is 0 Å². The van der Waals surface area contributed by atoms with Crippen molar-refractivity contribution in [3.8, 4) is 0 Å². The van der Waals surface area contributed by atoms with E-state index in [9.17, 15) is 5.11 Å². The first-order valence-corrected chi connectivity index (χ1v) is 4.62. The van der Waals surface area contributed by atoms with Crippen molar-refractivity contribution in [1.29, 1.82) is 0 Å². The summed E-state index contributed by atoms with van der Waals surface area (Å²) in [6.07, 6.45) is 0.162. The summed E-state index contributed by atoms with van der Waals surface area (Å²) in [6.45, 7) is 2.72. The normalized spacial score (nSPS) is 27.8. The third-order valence-electron chi connectivity index (χ3n) is 2.52. The Morgan fingerprint density at radius 2 is 2.00 bits per heavy atom. The minimum Gasteiger partial charge on any atom is -0.368 e. The van der Waals surface area contributed by atoms with Gasteiger partial charge in [0.2, 0.25) is 0 Å². The van der Waals surface area contributed by atoms with Crippen LogP contribution in [-0.4, -0.2) is 18.0 Å². The Morgan fingerprint density at radius 3 is 2.54 bits per heavy atom. The van der Waals surface area contributed by atoms with E-state index < -0.39 is 6.29 Å². The molecule has 1 aromatic carbocycles. The number of ether oxygens (including phenoxy) is 1. The van der Waals surface area contributed by atoms with Crippen LogP contribution in [0.5, 0.6) is 0 Å². The van der Waals surface area contributed by atoms with E-state index in [0.29, 0.717) is 12.5 Å². The fourth-order valence-corrected chi connectivity index (χ4v) is 1.68. The van der Waals surface area contributed by atoms with Crippen LogP contribution in [0.4, 0.5) is 0 Å². The fraction of sp³-hybridized carbons (Fsp3) is 0.455. The number of benzene rings is 1. The largest absolute Gasteiger partial charge is 0.368 e. The van der Waals surface area contributed by atoms with E-state index in [0.717, 1.165) is 6.42 Å². The highest BCUT2D eigenvalue weighted by atomic mass is 16.6. The van der Waals surface area contributed by atoms with E-state index in [-0.39, 0.29) is 0 Å². The molecule has 2 atom stereocenters. The molecule has 0 saturated carbocycles. The summed E-state index contributed by atoms with van der Waals surface area (Å²) in [5.74, 6) is 0.371. The summed E-state index contributed by atoms with van der Waals surface area (Å²) in [5, 5.41) is 9.19. The lowest BCUT2D eigenvalue weighted by Gasteiger charge is -2.07. The number of aliphatic hydroxyl groups is 1. The first-order valence-electron chi connectivity index (χ1n) is 4.62. The molecule has 2 nitrogen and oxygen atoms in total. The fourth-order valence-electron chi connectivity index (χ4n) is 1.68. The molecule has 1 saturated heterocycles. The van der Waals surface area contributed by atoms with Gasteiger partial charge in [0.05, 0.1) is 6.61 Å². The van der Waals surface area contributed by atoms with E-state index in [1.165, 1.54) is 11.1 Å². The van der Waals surface area contributed by atoms with Gasteiger partial charge >= 0.3 is 0 Å². The van der Waals surface area contributed by atoms with Crippen molar-refractivity contribution in [2.24, 2.45) is 0 Å². The molecule has 0 aliphatic carbocycles. The van der Waals surface area contributed by atoms with Crippen molar-refractivity contribution in [1.82, 2.24) is 0 Å². The monoisotopic (exact) mass is 178 g/mol. The molecular weight excluding hydrogens is 164 g/mol. The Bertz CT molecular complexity index is 279. The summed E-state index contributed by atoms with van der Waals surface area (Å²) in [7, 11) is 0. The molecule has 1 heterocycles. The minimum atomic E-state index is -0.564. The van der Waals surface area contributed by atoms with Crippen LogP contribution in [0.15, 0.2) is 24.3 Å². The van der Waals surface area contributed by atoms with Gasteiger partial charge in [-0.05, 0) is 12.5 Å². The van der Waals surface area contributed by atoms with Crippen LogP contribution in [0.2, 0.25) is 0 Å². The molecule has 0 amide bonds. The first-order chi connectivity index (χ1) is 6.25. The van der Waals surface area contributed by atoms with Crippen LogP contribution in [0, 0.1) is 6.92 Å². The van der Waals surface area contributed by atoms with E-state index >= 15 is 0 Å². The van der Waals surface area contributed by atoms with Crippen molar-refractivity contribution < 1.29 is 9.84 Å². The minimum absolute atomic E-state index is 0.371. The topological polar surface area (TPSA) is 29.5 Å². The molecule has 70 valence electrons. The van der Waals surface area contributed by atoms with Crippen molar-refractivity contribution in [2.75, 3.05) is 6.61 Å². The third kappa shape index (κ3) is 1.90. The smallest absolute Gasteiger partial charge is 0.155 e. The molecule has 1 fully saturated rings. The van der Waals surface area contributed by atoms with Crippen molar-refractivity contribution in [3.63, 3.8) is 0 Å². The second-order valence-corrected chi connectivity index (χ2v) is 3.63. The summed E-state index contributed by atoms with van der Waals surface area (Å²) >= 11 is 0. The maximum Gasteiger partial charge on any atom is 0.155 e. The lowest BCUT2D eigenvalue weighted by Crippen LogP contribution is -2.00. The molecule has 0 bridgehead atoms. The molecular formula is C11H14O2. The third-order valence-corrected chi connectivity index (χ3v) is 2.52. The molecule has 2 rings (SSSR count). The molecule has 1 aliphatic heterocycles. The summed E-state index contributed by atoms with van der Waals surface area (Å²) < 4.78 is 5.11. The average Bonchev–Trinajstić information content (AvgIpc) is 2.53. The number of aryl methyl sites for hydroxylation is 1. The number of hydrogen-bond donors (Lipinski definition) is 1. The average molecular weight is 178 g/mol. The summed E-state index contributed by atoms with van der Waals surface area (Å²) in [4.78, 5) is 0. The maximum atomic E-state index is 9.19. The molecule has 2 unspecified atom stereocenters. The van der Waals surface area contributed by atoms with Crippen LogP contribution < -0.4 is 0 Å². The van der Waals surface area contributed by atoms with Gasteiger partial charge in [-0.3, -0.25) is 0 Å². The Labute approximate surface area is 78.2 Å². The van der Waals surface area contributed by atoms with Crippen LogP contribution >= 0.6 is 0 Å². The Morgan fingerprint density at radius 1 is 1.31 bits per heavy atom. The molecule has 0 radical (unpaired) electrons. The van der Waals surface area contributed by atoms with E-state index in [2.05, 4.69) is 31.2 Å². The summed E-state index contributed by atoms with van der Waals surface area (Å²) in [5.41, 5.74) is 2.53. The second-order valence-electron chi connectivity index (χ2n) is 3.63. The molecule has 0 spiro atoms. The zero-order chi connectivity index (χ0) is 9.26. The number of aliphatic hydroxyl groups excluding tert-OH is 1. The van der Waals surface area contributed by atoms with Gasteiger partial charge in [-0.2, -0.15) is 0 Å². The van der Waals surface area contributed by atoms with E-state index in [4.69, 9.17) is 4.74 Å². The highest BCUT2D eigenvalue weighted by Gasteiger charge is 2.24. The van der Waals surface area contributed by atoms with Gasteiger partial charge < -0.3 is 9.84 Å². The van der Waals surface area contributed by atoms with Gasteiger partial charge in [0.15, 0.2) is 6.29 Å². The lowest BCUT2D eigenvalue weighted by molar-refractivity contribution is -0.0589. The highest BCUT2D eigenvalue weighted by molar-refractivity contribution is 5.25. The van der Waals surface area contributed by atoms with Crippen molar-refractivity contribution in [3.05, 3.63) is 35.4 Å². The first kappa shape index (κ1) is 8.73. The molecule has 2 heteroatoms. The van der Waals surface area contributed by atoms with Crippen molar-refractivity contribution >= 4 is 0 Å². The predicted molar refractivity (Wildman–Crippen MR) is 50.5 cm³/mol. The molecule has 1 aromatic rings. The van der Waals surface area contributed by atoms with Gasteiger partial charge in [-0.25, -0.2) is 0 Å². The maximum absolute atomic E-state index is 9.19. The number of hydrogen-bond acceptors (Lipinski definition) is 2. The van der Waals surface area contributed by atoms with Gasteiger partial charge in [-0.1, -0.05) is 29.8 Å². The van der Waals surface area contributed by atoms with Crippen LogP contribution in [0.1, 0.15) is 23.5 Å². The Kier molecular flexibility index (Phi) is 2.34. The number of rotatable bonds is 1. The Hall–Kier alpha value is -0.860. The van der Waals surface area contributed by atoms with Gasteiger partial charge in [0.1, 0.15) is 0 Å². The van der Waals surface area contributed by atoms with Gasteiger partial charge in [-0.15, -0.1) is 0 Å².